The molecule has 164 valence electrons. The van der Waals surface area contributed by atoms with Crippen molar-refractivity contribution >= 4 is 23.5 Å². The third-order valence-electron chi connectivity index (χ3n) is 4.65. The molecule has 3 aromatic rings. The van der Waals surface area contributed by atoms with E-state index in [0.29, 0.717) is 40.3 Å². The van der Waals surface area contributed by atoms with Gasteiger partial charge in [0, 0.05) is 35.8 Å². The summed E-state index contributed by atoms with van der Waals surface area (Å²) in [5.41, 5.74) is 2.27. The Morgan fingerprint density at radius 2 is 1.91 bits per heavy atom. The molecular formula is C23H21N3O5S. The number of ether oxygens (including phenoxy) is 3. The number of benzene rings is 2. The number of fused-ring (bicyclic) bond motifs is 1. The highest BCUT2D eigenvalue weighted by Gasteiger charge is 2.14. The number of carbonyl (C=O) groups is 2. The fourth-order valence-corrected chi connectivity index (χ4v) is 3.78. The van der Waals surface area contributed by atoms with Crippen molar-refractivity contribution in [3.63, 3.8) is 0 Å². The molecule has 0 bridgehead atoms. The van der Waals surface area contributed by atoms with Crippen LogP contribution in [0.1, 0.15) is 28.4 Å². The molecule has 2 heterocycles. The molecule has 4 rings (SSSR count). The first-order chi connectivity index (χ1) is 15.6. The molecule has 32 heavy (non-hydrogen) atoms. The number of nitrogens with one attached hydrogen (secondary N) is 1. The zero-order valence-electron chi connectivity index (χ0n) is 17.4. The van der Waals surface area contributed by atoms with Crippen molar-refractivity contribution in [2.24, 2.45) is 0 Å². The zero-order chi connectivity index (χ0) is 22.3. The average molecular weight is 452 g/mol. The molecule has 0 spiro atoms. The van der Waals surface area contributed by atoms with E-state index in [1.165, 1.54) is 18.7 Å². The molecule has 0 unspecified atom stereocenters. The van der Waals surface area contributed by atoms with Crippen LogP contribution < -0.4 is 19.5 Å². The quantitative estimate of drug-likeness (QED) is 0.300. The third-order valence-corrected chi connectivity index (χ3v) is 5.58. The maximum atomic E-state index is 12.3. The fraction of sp³-hybridized carbons (Fsp3) is 0.217. The molecule has 1 aliphatic heterocycles. The third kappa shape index (κ3) is 5.55. The number of ketones is 1. The molecule has 1 N–H and O–H groups in total. The van der Waals surface area contributed by atoms with E-state index in [0.717, 1.165) is 11.1 Å². The second kappa shape index (κ2) is 10.1. The maximum absolute atomic E-state index is 12.3. The van der Waals surface area contributed by atoms with E-state index in [-0.39, 0.29) is 25.1 Å². The largest absolute Gasteiger partial charge is 0.483 e. The Bertz CT molecular complexity index is 1120. The van der Waals surface area contributed by atoms with Gasteiger partial charge in [0.2, 0.25) is 6.79 Å². The van der Waals surface area contributed by atoms with Gasteiger partial charge in [-0.3, -0.25) is 9.59 Å². The van der Waals surface area contributed by atoms with Gasteiger partial charge in [-0.05, 0) is 48.9 Å². The summed E-state index contributed by atoms with van der Waals surface area (Å²) in [5, 5.41) is 3.45. The molecular weight excluding hydrogens is 430 g/mol. The van der Waals surface area contributed by atoms with Gasteiger partial charge in [0.05, 0.1) is 0 Å². The van der Waals surface area contributed by atoms with Crippen molar-refractivity contribution < 1.29 is 23.8 Å². The molecule has 0 saturated heterocycles. The minimum Gasteiger partial charge on any atom is -0.483 e. The number of aromatic nitrogens is 2. The number of Topliss-reactive ketones (excluding diaryl/α,β-unsaturated/α-hetero) is 1. The van der Waals surface area contributed by atoms with E-state index in [9.17, 15) is 9.59 Å². The zero-order valence-corrected chi connectivity index (χ0v) is 18.2. The van der Waals surface area contributed by atoms with Gasteiger partial charge < -0.3 is 19.5 Å². The van der Waals surface area contributed by atoms with Crippen LogP contribution in [0.5, 0.6) is 17.2 Å². The minimum absolute atomic E-state index is 0.0415. The van der Waals surface area contributed by atoms with Crippen molar-refractivity contribution in [2.75, 3.05) is 13.4 Å². The Morgan fingerprint density at radius 1 is 1.09 bits per heavy atom. The molecule has 1 aliphatic rings. The Balaban J connectivity index is 1.35. The molecule has 9 heteroatoms. The predicted octanol–water partition coefficient (Wildman–Crippen LogP) is 3.40. The van der Waals surface area contributed by atoms with Crippen molar-refractivity contribution in [3.05, 3.63) is 71.5 Å². The van der Waals surface area contributed by atoms with Gasteiger partial charge in [-0.1, -0.05) is 17.8 Å². The SMILES string of the molecule is CC(=O)c1ccc(OCC(=O)NCc2ccc3c(c2)OCO3)c(CSc2ncccn2)c1. The summed E-state index contributed by atoms with van der Waals surface area (Å²) in [4.78, 5) is 32.5. The molecule has 8 nitrogen and oxygen atoms in total. The average Bonchev–Trinajstić information content (AvgIpc) is 3.29. The van der Waals surface area contributed by atoms with E-state index in [1.54, 1.807) is 36.7 Å². The van der Waals surface area contributed by atoms with Gasteiger partial charge in [0.1, 0.15) is 5.75 Å². The van der Waals surface area contributed by atoms with Gasteiger partial charge in [-0.25, -0.2) is 9.97 Å². The number of carbonyl (C=O) groups excluding carboxylic acids is 2. The van der Waals surface area contributed by atoms with Crippen LogP contribution in [0.3, 0.4) is 0 Å². The van der Waals surface area contributed by atoms with Crippen LogP contribution in [0.25, 0.3) is 0 Å². The van der Waals surface area contributed by atoms with Gasteiger partial charge >= 0.3 is 0 Å². The van der Waals surface area contributed by atoms with Crippen LogP contribution in [0.15, 0.2) is 60.0 Å². The summed E-state index contributed by atoms with van der Waals surface area (Å²) in [7, 11) is 0. The fourth-order valence-electron chi connectivity index (χ4n) is 3.00. The van der Waals surface area contributed by atoms with Crippen LogP contribution in [0, 0.1) is 0 Å². The summed E-state index contributed by atoms with van der Waals surface area (Å²) in [6.07, 6.45) is 3.34. The van der Waals surface area contributed by atoms with E-state index in [2.05, 4.69) is 15.3 Å². The van der Waals surface area contributed by atoms with E-state index >= 15 is 0 Å². The highest BCUT2D eigenvalue weighted by atomic mass is 32.2. The molecule has 1 aromatic heterocycles. The molecule has 0 aliphatic carbocycles. The monoisotopic (exact) mass is 451 g/mol. The molecule has 0 fully saturated rings. The summed E-state index contributed by atoms with van der Waals surface area (Å²) in [5.74, 6) is 2.10. The molecule has 0 saturated carbocycles. The first-order valence-electron chi connectivity index (χ1n) is 9.90. The van der Waals surface area contributed by atoms with Gasteiger partial charge in [0.25, 0.3) is 5.91 Å². The lowest BCUT2D eigenvalue weighted by Gasteiger charge is -2.13. The molecule has 0 radical (unpaired) electrons. The van der Waals surface area contributed by atoms with Crippen LogP contribution in [0.4, 0.5) is 0 Å². The second-order valence-corrected chi connectivity index (χ2v) is 7.89. The Morgan fingerprint density at radius 3 is 2.72 bits per heavy atom. The van der Waals surface area contributed by atoms with Crippen molar-refractivity contribution in [3.8, 4) is 17.2 Å². The van der Waals surface area contributed by atoms with Crippen LogP contribution in [0.2, 0.25) is 0 Å². The minimum atomic E-state index is -0.261. The number of hydrogen-bond donors (Lipinski definition) is 1. The van der Waals surface area contributed by atoms with Gasteiger partial charge in [-0.2, -0.15) is 0 Å². The van der Waals surface area contributed by atoms with Gasteiger partial charge in [0.15, 0.2) is 29.0 Å². The van der Waals surface area contributed by atoms with E-state index in [1.807, 2.05) is 18.2 Å². The number of rotatable bonds is 9. The lowest BCUT2D eigenvalue weighted by atomic mass is 10.1. The van der Waals surface area contributed by atoms with Crippen molar-refractivity contribution in [1.82, 2.24) is 15.3 Å². The number of hydrogen-bond acceptors (Lipinski definition) is 8. The van der Waals surface area contributed by atoms with Crippen LogP contribution in [-0.2, 0) is 17.1 Å². The maximum Gasteiger partial charge on any atom is 0.258 e. The van der Waals surface area contributed by atoms with Crippen LogP contribution in [-0.4, -0.2) is 35.1 Å². The Labute approximate surface area is 189 Å². The van der Waals surface area contributed by atoms with Crippen molar-refractivity contribution in [2.45, 2.75) is 24.4 Å². The van der Waals surface area contributed by atoms with E-state index in [4.69, 9.17) is 14.2 Å². The Kier molecular flexibility index (Phi) is 6.86. The van der Waals surface area contributed by atoms with Gasteiger partial charge in [-0.15, -0.1) is 0 Å². The first-order valence-corrected chi connectivity index (χ1v) is 10.9. The van der Waals surface area contributed by atoms with Crippen molar-refractivity contribution in [1.29, 1.82) is 0 Å². The summed E-state index contributed by atoms with van der Waals surface area (Å²) >= 11 is 1.42. The smallest absolute Gasteiger partial charge is 0.258 e. The first kappa shape index (κ1) is 21.6. The highest BCUT2D eigenvalue weighted by Crippen LogP contribution is 2.32. The summed E-state index contributed by atoms with van der Waals surface area (Å²) < 4.78 is 16.4. The molecule has 1 amide bonds. The standard InChI is InChI=1S/C23H21N3O5S/c1-15(27)17-4-6-19(18(10-17)13-32-23-24-7-2-8-25-23)29-12-22(28)26-11-16-3-5-20-21(9-16)31-14-30-20/h2-10H,11-14H2,1H3,(H,26,28). The van der Waals surface area contributed by atoms with E-state index < -0.39 is 0 Å². The number of amides is 1. The number of nitrogens with zero attached hydrogens (tertiary/aromatic N) is 2. The predicted molar refractivity (Wildman–Crippen MR) is 118 cm³/mol. The summed E-state index contributed by atoms with van der Waals surface area (Å²) in [6, 6.07) is 12.5. The highest BCUT2D eigenvalue weighted by molar-refractivity contribution is 7.98. The lowest BCUT2D eigenvalue weighted by Crippen LogP contribution is -2.28. The number of thioether (sulfide) groups is 1. The second-order valence-electron chi connectivity index (χ2n) is 6.95. The Hall–Kier alpha value is -3.59. The molecule has 2 aromatic carbocycles. The summed E-state index contributed by atoms with van der Waals surface area (Å²) in [6.45, 7) is 1.91. The molecule has 0 atom stereocenters. The topological polar surface area (TPSA) is 99.6 Å². The normalized spacial score (nSPS) is 11.8. The van der Waals surface area contributed by atoms with Crippen LogP contribution >= 0.6 is 11.8 Å². The lowest BCUT2D eigenvalue weighted by molar-refractivity contribution is -0.123.